The van der Waals surface area contributed by atoms with E-state index in [1.165, 1.54) is 0 Å². The topological polar surface area (TPSA) is 61.6 Å². The Morgan fingerprint density at radius 1 is 1.64 bits per heavy atom. The Bertz CT molecular complexity index is 180. The molecular weight excluding hydrogens is 186 g/mol. The maximum Gasteiger partial charge on any atom is 0.208 e. The summed E-state index contributed by atoms with van der Waals surface area (Å²) in [6, 6.07) is 0. The summed E-state index contributed by atoms with van der Waals surface area (Å²) in [6.45, 7) is 2.93. The molecular formula is C9H17NO4. The van der Waals surface area contributed by atoms with E-state index < -0.39 is 0 Å². The normalized spacial score (nSPS) is 24.5. The Kier molecular flexibility index (Phi) is 4.82. The quantitative estimate of drug-likeness (QED) is 0.501. The second-order valence-electron chi connectivity index (χ2n) is 3.75. The van der Waals surface area contributed by atoms with Gasteiger partial charge in [-0.25, -0.2) is 0 Å². The molecule has 0 N–H and O–H groups in total. The first kappa shape index (κ1) is 11.4. The minimum Gasteiger partial charge on any atom is -0.353 e. The molecule has 0 aliphatic carbocycles. The van der Waals surface area contributed by atoms with Crippen molar-refractivity contribution in [3.63, 3.8) is 0 Å². The summed E-state index contributed by atoms with van der Waals surface area (Å²) in [5, 5.41) is 10.2. The van der Waals surface area contributed by atoms with E-state index in [0.717, 1.165) is 25.9 Å². The van der Waals surface area contributed by atoms with Gasteiger partial charge < -0.3 is 9.47 Å². The van der Waals surface area contributed by atoms with Crippen LogP contribution >= 0.6 is 0 Å². The molecule has 82 valence electrons. The van der Waals surface area contributed by atoms with Crippen molar-refractivity contribution in [2.24, 2.45) is 5.92 Å². The van der Waals surface area contributed by atoms with E-state index in [2.05, 4.69) is 0 Å². The molecule has 1 fully saturated rings. The van der Waals surface area contributed by atoms with Gasteiger partial charge in [0.2, 0.25) is 6.54 Å². The predicted molar refractivity (Wildman–Crippen MR) is 50.6 cm³/mol. The average Bonchev–Trinajstić information content (AvgIpc) is 2.15. The lowest BCUT2D eigenvalue weighted by Gasteiger charge is -2.23. The van der Waals surface area contributed by atoms with Crippen LogP contribution in [0.5, 0.6) is 0 Å². The molecule has 0 spiro atoms. The van der Waals surface area contributed by atoms with Crippen LogP contribution in [0.1, 0.15) is 26.2 Å². The Hall–Kier alpha value is -0.680. The van der Waals surface area contributed by atoms with Crippen molar-refractivity contribution in [3.8, 4) is 0 Å². The molecule has 0 radical (unpaired) electrons. The van der Waals surface area contributed by atoms with E-state index in [0.29, 0.717) is 6.61 Å². The van der Waals surface area contributed by atoms with Gasteiger partial charge in [0.15, 0.2) is 6.29 Å². The zero-order valence-electron chi connectivity index (χ0n) is 8.48. The Morgan fingerprint density at radius 3 is 3.00 bits per heavy atom. The highest BCUT2D eigenvalue weighted by molar-refractivity contribution is 4.55. The lowest BCUT2D eigenvalue weighted by Crippen LogP contribution is -2.26. The zero-order valence-corrected chi connectivity index (χ0v) is 8.48. The molecule has 0 aromatic carbocycles. The number of hydrogen-bond acceptors (Lipinski definition) is 4. The first-order chi connectivity index (χ1) is 6.68. The number of nitrogens with zero attached hydrogens (tertiary/aromatic N) is 1. The van der Waals surface area contributed by atoms with Crippen molar-refractivity contribution < 1.29 is 14.4 Å². The molecule has 1 aliphatic rings. The molecule has 0 aromatic heterocycles. The van der Waals surface area contributed by atoms with Gasteiger partial charge in [-0.3, -0.25) is 10.1 Å². The molecule has 1 rings (SSSR count). The second-order valence-corrected chi connectivity index (χ2v) is 3.75. The van der Waals surface area contributed by atoms with Crippen LogP contribution in [0.4, 0.5) is 0 Å². The molecule has 0 saturated carbocycles. The second kappa shape index (κ2) is 5.93. The van der Waals surface area contributed by atoms with Crippen molar-refractivity contribution in [2.75, 3.05) is 19.8 Å². The lowest BCUT2D eigenvalue weighted by atomic mass is 10.2. The standard InChI is InChI=1S/C9H17NO4/c1-8(6-10(11)12)7-14-9-4-2-3-5-13-9/h8-9H,2-7H2,1H3/t8-,9?/m0/s1. The minimum absolute atomic E-state index is 0.0350. The van der Waals surface area contributed by atoms with Crippen LogP contribution in [0.3, 0.4) is 0 Å². The monoisotopic (exact) mass is 203 g/mol. The number of nitro groups is 1. The van der Waals surface area contributed by atoms with Gasteiger partial charge in [0.05, 0.1) is 6.61 Å². The summed E-state index contributed by atoms with van der Waals surface area (Å²) < 4.78 is 10.8. The van der Waals surface area contributed by atoms with E-state index in [9.17, 15) is 10.1 Å². The van der Waals surface area contributed by atoms with E-state index in [1.807, 2.05) is 6.92 Å². The molecule has 2 atom stereocenters. The zero-order chi connectivity index (χ0) is 10.4. The predicted octanol–water partition coefficient (Wildman–Crippen LogP) is 1.44. The van der Waals surface area contributed by atoms with Crippen molar-refractivity contribution in [1.82, 2.24) is 0 Å². The van der Waals surface area contributed by atoms with Gasteiger partial charge in [0.25, 0.3) is 0 Å². The first-order valence-electron chi connectivity index (χ1n) is 5.03. The Labute approximate surface area is 83.5 Å². The molecule has 5 heteroatoms. The highest BCUT2D eigenvalue weighted by Crippen LogP contribution is 2.14. The number of hydrogen-bond donors (Lipinski definition) is 0. The minimum atomic E-state index is -0.310. The molecule has 5 nitrogen and oxygen atoms in total. The maximum absolute atomic E-state index is 10.2. The summed E-state index contributed by atoms with van der Waals surface area (Å²) in [4.78, 5) is 9.87. The average molecular weight is 203 g/mol. The third kappa shape index (κ3) is 4.53. The Balaban J connectivity index is 2.09. The maximum atomic E-state index is 10.2. The summed E-state index contributed by atoms with van der Waals surface area (Å²) in [7, 11) is 0. The summed E-state index contributed by atoms with van der Waals surface area (Å²) in [5.74, 6) is -0.0458. The van der Waals surface area contributed by atoms with Crippen LogP contribution in [0, 0.1) is 16.0 Å². The fourth-order valence-electron chi connectivity index (χ4n) is 1.42. The smallest absolute Gasteiger partial charge is 0.208 e. The fourth-order valence-corrected chi connectivity index (χ4v) is 1.42. The molecule has 1 unspecified atom stereocenters. The van der Waals surface area contributed by atoms with Gasteiger partial charge in [-0.05, 0) is 19.3 Å². The van der Waals surface area contributed by atoms with Gasteiger partial charge in [0.1, 0.15) is 0 Å². The molecule has 0 aromatic rings. The van der Waals surface area contributed by atoms with Crippen LogP contribution in [-0.4, -0.2) is 31.0 Å². The van der Waals surface area contributed by atoms with E-state index in [1.54, 1.807) is 0 Å². The Morgan fingerprint density at radius 2 is 2.43 bits per heavy atom. The molecule has 14 heavy (non-hydrogen) atoms. The van der Waals surface area contributed by atoms with Crippen LogP contribution < -0.4 is 0 Å². The molecule has 0 bridgehead atoms. The van der Waals surface area contributed by atoms with Crippen LogP contribution in [0.15, 0.2) is 0 Å². The van der Waals surface area contributed by atoms with E-state index in [-0.39, 0.29) is 23.7 Å². The van der Waals surface area contributed by atoms with Gasteiger partial charge in [-0.1, -0.05) is 6.92 Å². The summed E-state index contributed by atoms with van der Waals surface area (Å²) >= 11 is 0. The summed E-state index contributed by atoms with van der Waals surface area (Å²) in [6.07, 6.45) is 2.97. The molecule has 1 saturated heterocycles. The van der Waals surface area contributed by atoms with Gasteiger partial charge in [-0.2, -0.15) is 0 Å². The summed E-state index contributed by atoms with van der Waals surface area (Å²) in [5.41, 5.74) is 0. The highest BCUT2D eigenvalue weighted by atomic mass is 16.7. The van der Waals surface area contributed by atoms with Crippen molar-refractivity contribution in [2.45, 2.75) is 32.5 Å². The van der Waals surface area contributed by atoms with Crippen LogP contribution in [0.25, 0.3) is 0 Å². The first-order valence-corrected chi connectivity index (χ1v) is 5.03. The van der Waals surface area contributed by atoms with Gasteiger partial charge in [-0.15, -0.1) is 0 Å². The van der Waals surface area contributed by atoms with Crippen molar-refractivity contribution in [1.29, 1.82) is 0 Å². The molecule has 1 aliphatic heterocycles. The number of ether oxygens (including phenoxy) is 2. The molecule has 0 amide bonds. The fraction of sp³-hybridized carbons (Fsp3) is 1.00. The number of rotatable bonds is 5. The van der Waals surface area contributed by atoms with E-state index >= 15 is 0 Å². The van der Waals surface area contributed by atoms with Crippen molar-refractivity contribution in [3.05, 3.63) is 10.1 Å². The van der Waals surface area contributed by atoms with E-state index in [4.69, 9.17) is 9.47 Å². The van der Waals surface area contributed by atoms with Crippen LogP contribution in [0.2, 0.25) is 0 Å². The third-order valence-electron chi connectivity index (χ3n) is 2.17. The largest absolute Gasteiger partial charge is 0.353 e. The van der Waals surface area contributed by atoms with Gasteiger partial charge in [0, 0.05) is 17.4 Å². The highest BCUT2D eigenvalue weighted by Gasteiger charge is 2.17. The third-order valence-corrected chi connectivity index (χ3v) is 2.17. The SMILES string of the molecule is C[C@H](COC1CCCCO1)C[N+](=O)[O-]. The van der Waals surface area contributed by atoms with Gasteiger partial charge >= 0.3 is 0 Å². The van der Waals surface area contributed by atoms with Crippen LogP contribution in [-0.2, 0) is 9.47 Å². The molecule has 1 heterocycles. The lowest BCUT2D eigenvalue weighted by molar-refractivity contribution is -0.488. The van der Waals surface area contributed by atoms with Crippen molar-refractivity contribution >= 4 is 0 Å².